The van der Waals surface area contributed by atoms with Gasteiger partial charge in [-0.05, 0) is 31.4 Å². The number of rotatable bonds is 3. The molecule has 2 aromatic rings. The van der Waals surface area contributed by atoms with Crippen LogP contribution in [0.25, 0.3) is 11.5 Å². The average Bonchev–Trinajstić information content (AvgIpc) is 2.97. The van der Waals surface area contributed by atoms with Crippen LogP contribution >= 0.6 is 0 Å². The Kier molecular flexibility index (Phi) is 3.50. The fraction of sp³-hybridized carbons (Fsp3) is 0.400. The fourth-order valence-electron chi connectivity index (χ4n) is 2.62. The molecule has 0 unspecified atom stereocenters. The van der Waals surface area contributed by atoms with E-state index in [2.05, 4.69) is 10.2 Å². The van der Waals surface area contributed by atoms with Crippen molar-refractivity contribution in [3.8, 4) is 11.5 Å². The quantitative estimate of drug-likeness (QED) is 0.804. The van der Waals surface area contributed by atoms with E-state index in [1.165, 1.54) is 0 Å². The summed E-state index contributed by atoms with van der Waals surface area (Å²) < 4.78 is 5.82. The Labute approximate surface area is 117 Å². The van der Waals surface area contributed by atoms with Gasteiger partial charge in [0.2, 0.25) is 18.2 Å². The van der Waals surface area contributed by atoms with Crippen LogP contribution in [-0.2, 0) is 4.79 Å². The molecule has 0 aliphatic carbocycles. The third kappa shape index (κ3) is 2.43. The number of carbonyl (C=O) groups excluding carboxylic acids is 1. The van der Waals surface area contributed by atoms with Crippen LogP contribution < -0.4 is 0 Å². The maximum absolute atomic E-state index is 10.9. The monoisotopic (exact) mass is 271 g/mol. The van der Waals surface area contributed by atoms with Crippen molar-refractivity contribution in [3.05, 3.63) is 35.7 Å². The van der Waals surface area contributed by atoms with Gasteiger partial charge in [-0.15, -0.1) is 10.2 Å². The van der Waals surface area contributed by atoms with Gasteiger partial charge in [-0.1, -0.05) is 18.2 Å². The Hall–Kier alpha value is -2.17. The number of hydrogen-bond donors (Lipinski definition) is 0. The molecule has 3 rings (SSSR count). The van der Waals surface area contributed by atoms with Gasteiger partial charge in [0.1, 0.15) is 0 Å². The largest absolute Gasteiger partial charge is 0.420 e. The van der Waals surface area contributed by atoms with Gasteiger partial charge >= 0.3 is 0 Å². The summed E-state index contributed by atoms with van der Waals surface area (Å²) >= 11 is 0. The second-order valence-corrected chi connectivity index (χ2v) is 5.20. The van der Waals surface area contributed by atoms with Crippen molar-refractivity contribution in [2.45, 2.75) is 25.7 Å². The van der Waals surface area contributed by atoms with Crippen LogP contribution in [0, 0.1) is 6.92 Å². The summed E-state index contributed by atoms with van der Waals surface area (Å²) in [5.41, 5.74) is 2.08. The van der Waals surface area contributed by atoms with Crippen molar-refractivity contribution < 1.29 is 9.21 Å². The fourth-order valence-corrected chi connectivity index (χ4v) is 2.62. The lowest BCUT2D eigenvalue weighted by atomic mass is 9.98. The number of piperidine rings is 1. The number of nitrogens with zero attached hydrogens (tertiary/aromatic N) is 3. The number of amides is 1. The molecular formula is C15H17N3O2. The predicted molar refractivity (Wildman–Crippen MR) is 74.1 cm³/mol. The van der Waals surface area contributed by atoms with E-state index in [-0.39, 0.29) is 5.92 Å². The van der Waals surface area contributed by atoms with E-state index in [0.717, 1.165) is 36.9 Å². The molecule has 1 amide bonds. The highest BCUT2D eigenvalue weighted by Gasteiger charge is 2.25. The summed E-state index contributed by atoms with van der Waals surface area (Å²) in [6, 6.07) is 7.94. The van der Waals surface area contributed by atoms with E-state index in [0.29, 0.717) is 18.3 Å². The van der Waals surface area contributed by atoms with Gasteiger partial charge in [0, 0.05) is 18.7 Å². The number of aryl methyl sites for hydroxylation is 1. The SMILES string of the molecule is Cc1ccccc1-c1nnc([C@@H]2CCCN(C=O)C2)o1. The standard InChI is InChI=1S/C15H17N3O2/c1-11-5-2-3-7-13(11)15-17-16-14(20-15)12-6-4-8-18(9-12)10-19/h2-3,5,7,10,12H,4,6,8-9H2,1H3/t12-/m1/s1. The van der Waals surface area contributed by atoms with Crippen molar-refractivity contribution in [2.24, 2.45) is 0 Å². The summed E-state index contributed by atoms with van der Waals surface area (Å²) in [5.74, 6) is 1.34. The Balaban J connectivity index is 1.83. The van der Waals surface area contributed by atoms with Crippen molar-refractivity contribution in [2.75, 3.05) is 13.1 Å². The molecule has 0 radical (unpaired) electrons. The minimum Gasteiger partial charge on any atom is -0.420 e. The molecule has 5 nitrogen and oxygen atoms in total. The van der Waals surface area contributed by atoms with Crippen LogP contribution in [0.1, 0.15) is 30.2 Å². The number of benzene rings is 1. The summed E-state index contributed by atoms with van der Waals surface area (Å²) in [7, 11) is 0. The van der Waals surface area contributed by atoms with Crippen molar-refractivity contribution in [3.63, 3.8) is 0 Å². The number of likely N-dealkylation sites (tertiary alicyclic amines) is 1. The second kappa shape index (κ2) is 5.45. The first-order valence-corrected chi connectivity index (χ1v) is 6.86. The van der Waals surface area contributed by atoms with Crippen LogP contribution in [-0.4, -0.2) is 34.6 Å². The lowest BCUT2D eigenvalue weighted by Crippen LogP contribution is -2.33. The minimum absolute atomic E-state index is 0.152. The lowest BCUT2D eigenvalue weighted by Gasteiger charge is -2.27. The zero-order chi connectivity index (χ0) is 13.9. The molecule has 1 aromatic heterocycles. The Bertz CT molecular complexity index is 609. The third-order valence-electron chi connectivity index (χ3n) is 3.77. The van der Waals surface area contributed by atoms with Gasteiger partial charge in [-0.3, -0.25) is 4.79 Å². The molecule has 1 aromatic carbocycles. The highest BCUT2D eigenvalue weighted by Crippen LogP contribution is 2.28. The first-order valence-electron chi connectivity index (χ1n) is 6.86. The number of aromatic nitrogens is 2. The van der Waals surface area contributed by atoms with Gasteiger partial charge in [0.05, 0.1) is 5.92 Å². The third-order valence-corrected chi connectivity index (χ3v) is 3.77. The molecule has 1 saturated heterocycles. The van der Waals surface area contributed by atoms with Crippen LogP contribution in [0.3, 0.4) is 0 Å². The molecule has 20 heavy (non-hydrogen) atoms. The van der Waals surface area contributed by atoms with Crippen LogP contribution in [0.15, 0.2) is 28.7 Å². The molecule has 1 aliphatic heterocycles. The predicted octanol–water partition coefficient (Wildman–Crippen LogP) is 2.38. The van der Waals surface area contributed by atoms with Gasteiger partial charge < -0.3 is 9.32 Å². The van der Waals surface area contributed by atoms with Gasteiger partial charge in [-0.25, -0.2) is 0 Å². The van der Waals surface area contributed by atoms with Gasteiger partial charge in [-0.2, -0.15) is 0 Å². The minimum atomic E-state index is 0.152. The highest BCUT2D eigenvalue weighted by atomic mass is 16.4. The van der Waals surface area contributed by atoms with E-state index in [1.807, 2.05) is 31.2 Å². The van der Waals surface area contributed by atoms with Crippen LogP contribution in [0.4, 0.5) is 0 Å². The van der Waals surface area contributed by atoms with Gasteiger partial charge in [0.15, 0.2) is 0 Å². The molecule has 104 valence electrons. The molecule has 0 N–H and O–H groups in total. The lowest BCUT2D eigenvalue weighted by molar-refractivity contribution is -0.119. The summed E-state index contributed by atoms with van der Waals surface area (Å²) in [4.78, 5) is 12.6. The molecule has 0 spiro atoms. The Morgan fingerprint density at radius 3 is 3.00 bits per heavy atom. The van der Waals surface area contributed by atoms with E-state index < -0.39 is 0 Å². The molecule has 5 heteroatoms. The van der Waals surface area contributed by atoms with Gasteiger partial charge in [0.25, 0.3) is 0 Å². The maximum atomic E-state index is 10.9. The molecular weight excluding hydrogens is 254 g/mol. The van der Waals surface area contributed by atoms with Crippen LogP contribution in [0.2, 0.25) is 0 Å². The van der Waals surface area contributed by atoms with E-state index >= 15 is 0 Å². The Morgan fingerprint density at radius 2 is 2.20 bits per heavy atom. The summed E-state index contributed by atoms with van der Waals surface area (Å²) in [6.07, 6.45) is 2.86. The van der Waals surface area contributed by atoms with Crippen LogP contribution in [0.5, 0.6) is 0 Å². The summed E-state index contributed by atoms with van der Waals surface area (Å²) in [5, 5.41) is 8.32. The zero-order valence-corrected chi connectivity index (χ0v) is 11.5. The smallest absolute Gasteiger partial charge is 0.248 e. The van der Waals surface area contributed by atoms with Crippen molar-refractivity contribution in [1.82, 2.24) is 15.1 Å². The highest BCUT2D eigenvalue weighted by molar-refractivity contribution is 5.57. The maximum Gasteiger partial charge on any atom is 0.248 e. The first-order chi connectivity index (χ1) is 9.78. The first kappa shape index (κ1) is 12.8. The molecule has 2 heterocycles. The molecule has 0 saturated carbocycles. The van der Waals surface area contributed by atoms with E-state index in [1.54, 1.807) is 4.90 Å². The number of hydrogen-bond acceptors (Lipinski definition) is 4. The number of carbonyl (C=O) groups is 1. The second-order valence-electron chi connectivity index (χ2n) is 5.20. The van der Waals surface area contributed by atoms with E-state index in [4.69, 9.17) is 4.42 Å². The topological polar surface area (TPSA) is 59.2 Å². The zero-order valence-electron chi connectivity index (χ0n) is 11.5. The molecule has 1 aliphatic rings. The summed E-state index contributed by atoms with van der Waals surface area (Å²) in [6.45, 7) is 3.51. The van der Waals surface area contributed by atoms with Crippen molar-refractivity contribution >= 4 is 6.41 Å². The van der Waals surface area contributed by atoms with Crippen molar-refractivity contribution in [1.29, 1.82) is 0 Å². The van der Waals surface area contributed by atoms with E-state index in [9.17, 15) is 4.79 Å². The molecule has 0 bridgehead atoms. The average molecular weight is 271 g/mol. The molecule has 1 atom stereocenters. The Morgan fingerprint density at radius 1 is 1.35 bits per heavy atom. The normalized spacial score (nSPS) is 19.1. The molecule has 1 fully saturated rings.